The van der Waals surface area contributed by atoms with Gasteiger partial charge in [-0.1, -0.05) is 6.07 Å². The van der Waals surface area contributed by atoms with Crippen molar-refractivity contribution in [2.45, 2.75) is 19.4 Å². The minimum Gasteiger partial charge on any atom is -0.478 e. The molecule has 1 aromatic carbocycles. The summed E-state index contributed by atoms with van der Waals surface area (Å²) in [7, 11) is 0. The Balaban J connectivity index is 2.21. The lowest BCUT2D eigenvalue weighted by Gasteiger charge is -2.15. The number of ether oxygens (including phenoxy) is 1. The standard InChI is InChI=1S/C13H14FNO4/c1-7-8(5-6-19-7)12(16)15-10-4-2-3-9(14)11(10)13(17)18/h2-4,7-8H,5-6H2,1H3,(H,15,16)(H,17,18). The number of carbonyl (C=O) groups excluding carboxylic acids is 1. The van der Waals surface area contributed by atoms with Crippen molar-refractivity contribution in [3.63, 3.8) is 0 Å². The zero-order valence-corrected chi connectivity index (χ0v) is 10.4. The largest absolute Gasteiger partial charge is 0.478 e. The molecule has 1 amide bonds. The molecule has 0 bridgehead atoms. The monoisotopic (exact) mass is 267 g/mol. The lowest BCUT2D eigenvalue weighted by atomic mass is 10.0. The van der Waals surface area contributed by atoms with Gasteiger partial charge in [0.2, 0.25) is 5.91 Å². The van der Waals surface area contributed by atoms with Crippen LogP contribution in [0.25, 0.3) is 0 Å². The molecule has 2 atom stereocenters. The number of hydrogen-bond donors (Lipinski definition) is 2. The highest BCUT2D eigenvalue weighted by atomic mass is 19.1. The Labute approximate surface area is 109 Å². The summed E-state index contributed by atoms with van der Waals surface area (Å²) >= 11 is 0. The lowest BCUT2D eigenvalue weighted by Crippen LogP contribution is -2.28. The van der Waals surface area contributed by atoms with Crippen molar-refractivity contribution in [2.75, 3.05) is 11.9 Å². The van der Waals surface area contributed by atoms with Crippen LogP contribution in [0.5, 0.6) is 0 Å². The second-order valence-corrected chi connectivity index (χ2v) is 4.43. The van der Waals surface area contributed by atoms with E-state index in [0.717, 1.165) is 6.07 Å². The molecule has 5 nitrogen and oxygen atoms in total. The molecule has 1 fully saturated rings. The third-order valence-corrected chi connectivity index (χ3v) is 3.20. The molecule has 0 radical (unpaired) electrons. The summed E-state index contributed by atoms with van der Waals surface area (Å²) in [6.45, 7) is 2.27. The van der Waals surface area contributed by atoms with Crippen molar-refractivity contribution in [2.24, 2.45) is 5.92 Å². The van der Waals surface area contributed by atoms with E-state index in [1.807, 2.05) is 0 Å². The van der Waals surface area contributed by atoms with Gasteiger partial charge in [-0.3, -0.25) is 4.79 Å². The molecule has 0 aromatic heterocycles. The van der Waals surface area contributed by atoms with E-state index in [2.05, 4.69) is 5.32 Å². The van der Waals surface area contributed by atoms with Crippen LogP contribution in [0.4, 0.5) is 10.1 Å². The molecule has 0 saturated carbocycles. The minimum absolute atomic E-state index is 0.0309. The fourth-order valence-corrected chi connectivity index (χ4v) is 2.15. The normalized spacial score (nSPS) is 22.2. The Hall–Kier alpha value is -1.95. The maximum absolute atomic E-state index is 13.4. The highest BCUT2D eigenvalue weighted by molar-refractivity contribution is 6.01. The Morgan fingerprint density at radius 1 is 1.47 bits per heavy atom. The molecule has 19 heavy (non-hydrogen) atoms. The van der Waals surface area contributed by atoms with Crippen molar-refractivity contribution in [1.29, 1.82) is 0 Å². The van der Waals surface area contributed by atoms with Gasteiger partial charge in [0.05, 0.1) is 17.7 Å². The summed E-state index contributed by atoms with van der Waals surface area (Å²) in [4.78, 5) is 23.0. The number of carboxylic acid groups (broad SMARTS) is 1. The number of halogens is 1. The maximum atomic E-state index is 13.4. The summed E-state index contributed by atoms with van der Waals surface area (Å²) in [5.41, 5.74) is -0.556. The Morgan fingerprint density at radius 3 is 2.79 bits per heavy atom. The van der Waals surface area contributed by atoms with Crippen LogP contribution in [0.1, 0.15) is 23.7 Å². The molecule has 1 aliphatic rings. The molecule has 102 valence electrons. The summed E-state index contributed by atoms with van der Waals surface area (Å²) in [6, 6.07) is 3.76. The highest BCUT2D eigenvalue weighted by Crippen LogP contribution is 2.24. The summed E-state index contributed by atoms with van der Waals surface area (Å²) in [6.07, 6.45) is 0.354. The van der Waals surface area contributed by atoms with Crippen molar-refractivity contribution < 1.29 is 23.8 Å². The van der Waals surface area contributed by atoms with Gasteiger partial charge in [-0.05, 0) is 25.5 Å². The Kier molecular flexibility index (Phi) is 3.80. The van der Waals surface area contributed by atoms with Gasteiger partial charge in [-0.2, -0.15) is 0 Å². The van der Waals surface area contributed by atoms with E-state index in [1.165, 1.54) is 12.1 Å². The number of anilines is 1. The number of carbonyl (C=O) groups is 2. The SMILES string of the molecule is CC1OCCC1C(=O)Nc1cccc(F)c1C(=O)O. The van der Waals surface area contributed by atoms with Crippen LogP contribution >= 0.6 is 0 Å². The van der Waals surface area contributed by atoms with Crippen molar-refractivity contribution in [1.82, 2.24) is 0 Å². The maximum Gasteiger partial charge on any atom is 0.340 e. The smallest absolute Gasteiger partial charge is 0.340 e. The van der Waals surface area contributed by atoms with Crippen LogP contribution < -0.4 is 5.32 Å². The van der Waals surface area contributed by atoms with Crippen LogP contribution in [0, 0.1) is 11.7 Å². The van der Waals surface area contributed by atoms with Gasteiger partial charge >= 0.3 is 5.97 Å². The van der Waals surface area contributed by atoms with E-state index in [4.69, 9.17) is 9.84 Å². The quantitative estimate of drug-likeness (QED) is 0.876. The van der Waals surface area contributed by atoms with Crippen LogP contribution in [-0.2, 0) is 9.53 Å². The second kappa shape index (κ2) is 5.36. The molecule has 2 rings (SSSR count). The summed E-state index contributed by atoms with van der Waals surface area (Å²) < 4.78 is 18.7. The van der Waals surface area contributed by atoms with Gasteiger partial charge in [0, 0.05) is 6.61 Å². The molecule has 1 saturated heterocycles. The Morgan fingerprint density at radius 2 is 2.21 bits per heavy atom. The molecular formula is C13H14FNO4. The number of aromatic carboxylic acids is 1. The van der Waals surface area contributed by atoms with Gasteiger partial charge in [0.25, 0.3) is 0 Å². The van der Waals surface area contributed by atoms with E-state index in [1.54, 1.807) is 6.92 Å². The van der Waals surface area contributed by atoms with E-state index < -0.39 is 17.3 Å². The average molecular weight is 267 g/mol. The van der Waals surface area contributed by atoms with Crippen LogP contribution in [-0.4, -0.2) is 29.7 Å². The molecule has 0 aliphatic carbocycles. The predicted molar refractivity (Wildman–Crippen MR) is 65.5 cm³/mol. The highest BCUT2D eigenvalue weighted by Gasteiger charge is 2.31. The molecule has 0 spiro atoms. The first kappa shape index (κ1) is 13.5. The number of carboxylic acids is 1. The summed E-state index contributed by atoms with van der Waals surface area (Å²) in [5.74, 6) is -2.98. The average Bonchev–Trinajstić information content (AvgIpc) is 2.75. The Bertz CT molecular complexity index is 517. The molecule has 6 heteroatoms. The number of hydrogen-bond acceptors (Lipinski definition) is 3. The first-order chi connectivity index (χ1) is 9.00. The topological polar surface area (TPSA) is 75.6 Å². The fraction of sp³-hybridized carbons (Fsp3) is 0.385. The third kappa shape index (κ3) is 2.73. The number of nitrogens with one attached hydrogen (secondary N) is 1. The zero-order chi connectivity index (χ0) is 14.0. The lowest BCUT2D eigenvalue weighted by molar-refractivity contribution is -0.121. The first-order valence-corrected chi connectivity index (χ1v) is 5.95. The number of rotatable bonds is 3. The van der Waals surface area contributed by atoms with Crippen LogP contribution in [0.15, 0.2) is 18.2 Å². The number of amides is 1. The van der Waals surface area contributed by atoms with Crippen molar-refractivity contribution >= 4 is 17.6 Å². The van der Waals surface area contributed by atoms with Crippen molar-refractivity contribution in [3.8, 4) is 0 Å². The zero-order valence-electron chi connectivity index (χ0n) is 10.4. The molecule has 2 N–H and O–H groups in total. The molecule has 2 unspecified atom stereocenters. The van der Waals surface area contributed by atoms with E-state index >= 15 is 0 Å². The van der Waals surface area contributed by atoms with E-state index in [9.17, 15) is 14.0 Å². The van der Waals surface area contributed by atoms with Crippen LogP contribution in [0.3, 0.4) is 0 Å². The second-order valence-electron chi connectivity index (χ2n) is 4.43. The van der Waals surface area contributed by atoms with E-state index in [0.29, 0.717) is 13.0 Å². The fourth-order valence-electron chi connectivity index (χ4n) is 2.15. The van der Waals surface area contributed by atoms with E-state index in [-0.39, 0.29) is 23.6 Å². The van der Waals surface area contributed by atoms with Gasteiger partial charge in [-0.15, -0.1) is 0 Å². The first-order valence-electron chi connectivity index (χ1n) is 5.95. The molecule has 1 aliphatic heterocycles. The van der Waals surface area contributed by atoms with Crippen LogP contribution in [0.2, 0.25) is 0 Å². The van der Waals surface area contributed by atoms with Gasteiger partial charge < -0.3 is 15.2 Å². The van der Waals surface area contributed by atoms with Gasteiger partial charge in [-0.25, -0.2) is 9.18 Å². The third-order valence-electron chi connectivity index (χ3n) is 3.20. The molecule has 1 heterocycles. The molecular weight excluding hydrogens is 253 g/mol. The van der Waals surface area contributed by atoms with Gasteiger partial charge in [0.1, 0.15) is 11.4 Å². The van der Waals surface area contributed by atoms with Gasteiger partial charge in [0.15, 0.2) is 0 Å². The van der Waals surface area contributed by atoms with Crippen molar-refractivity contribution in [3.05, 3.63) is 29.6 Å². The molecule has 1 aromatic rings. The minimum atomic E-state index is -1.41. The number of benzene rings is 1. The predicted octanol–water partition coefficient (Wildman–Crippen LogP) is 1.89. The summed E-state index contributed by atoms with van der Waals surface area (Å²) in [5, 5.41) is 11.4.